The van der Waals surface area contributed by atoms with Gasteiger partial charge in [0, 0.05) is 48.6 Å². The molecule has 1 amide bonds. The van der Waals surface area contributed by atoms with Gasteiger partial charge in [-0.25, -0.2) is 9.37 Å². The van der Waals surface area contributed by atoms with Crippen molar-refractivity contribution in [1.82, 2.24) is 19.7 Å². The Labute approximate surface area is 251 Å². The number of carbonyl (C=O) groups excluding carboxylic acids is 2. The number of fused-ring (bicyclic) bond motifs is 1. The van der Waals surface area contributed by atoms with Gasteiger partial charge in [-0.1, -0.05) is 12.8 Å². The van der Waals surface area contributed by atoms with Gasteiger partial charge in [0.05, 0.1) is 44.6 Å². The zero-order valence-corrected chi connectivity index (χ0v) is 25.7. The third kappa shape index (κ3) is 6.60. The molecule has 0 saturated heterocycles. The Morgan fingerprint density at radius 3 is 2.60 bits per heavy atom. The third-order valence-corrected chi connectivity index (χ3v) is 8.00. The Morgan fingerprint density at radius 2 is 1.93 bits per heavy atom. The van der Waals surface area contributed by atoms with E-state index >= 15 is 4.39 Å². The number of carbonyl (C=O) groups is 2. The second-order valence-corrected chi connectivity index (χ2v) is 12.3. The summed E-state index contributed by atoms with van der Waals surface area (Å²) in [4.78, 5) is 32.8. The smallest absolute Gasteiger partial charge is 0.306 e. The molecule has 2 aliphatic rings. The summed E-state index contributed by atoms with van der Waals surface area (Å²) in [6.07, 6.45) is 7.18. The number of rotatable bonds is 9. The van der Waals surface area contributed by atoms with Gasteiger partial charge in [-0.05, 0) is 51.7 Å². The van der Waals surface area contributed by atoms with Gasteiger partial charge in [0.25, 0.3) is 5.91 Å². The minimum absolute atomic E-state index is 0.0273. The average Bonchev–Trinajstić information content (AvgIpc) is 3.53. The summed E-state index contributed by atoms with van der Waals surface area (Å²) in [5.41, 5.74) is 1.71. The van der Waals surface area contributed by atoms with Crippen LogP contribution in [0.2, 0.25) is 0 Å². The molecule has 1 fully saturated rings. The van der Waals surface area contributed by atoms with Gasteiger partial charge in [0.15, 0.2) is 11.6 Å². The monoisotopic (exact) mass is 593 g/mol. The SMILES string of the molecule is COc1ccc(CN2Cc3c(F)c(NC4CCCC[C@@H]4CC(=O)OC(C)(C)C)nc(-c4cnn(C)c4)c3C2=O)c(OC)c1. The lowest BCUT2D eigenvalue weighted by molar-refractivity contribution is -0.156. The molecule has 0 radical (unpaired) electrons. The number of anilines is 1. The summed E-state index contributed by atoms with van der Waals surface area (Å²) in [7, 11) is 4.91. The Hall–Kier alpha value is -4.15. The molecule has 0 bridgehead atoms. The molecule has 230 valence electrons. The number of aromatic nitrogens is 3. The van der Waals surface area contributed by atoms with E-state index in [4.69, 9.17) is 19.2 Å². The largest absolute Gasteiger partial charge is 0.497 e. The summed E-state index contributed by atoms with van der Waals surface area (Å²) < 4.78 is 34.4. The van der Waals surface area contributed by atoms with Crippen LogP contribution in [0.15, 0.2) is 30.6 Å². The molecule has 1 saturated carbocycles. The molecule has 10 nitrogen and oxygen atoms in total. The number of pyridine rings is 1. The molecule has 1 aliphatic heterocycles. The Balaban J connectivity index is 1.47. The van der Waals surface area contributed by atoms with Crippen LogP contribution in [0.3, 0.4) is 0 Å². The second-order valence-electron chi connectivity index (χ2n) is 12.3. The molecule has 1 aliphatic carbocycles. The highest BCUT2D eigenvalue weighted by molar-refractivity contribution is 6.04. The number of benzene rings is 1. The van der Waals surface area contributed by atoms with Crippen molar-refractivity contribution in [2.75, 3.05) is 19.5 Å². The first-order valence-electron chi connectivity index (χ1n) is 14.7. The van der Waals surface area contributed by atoms with Crippen LogP contribution in [0.25, 0.3) is 11.3 Å². The van der Waals surface area contributed by atoms with E-state index in [1.807, 2.05) is 26.8 Å². The summed E-state index contributed by atoms with van der Waals surface area (Å²) >= 11 is 0. The minimum atomic E-state index is -0.574. The Kier molecular flexibility index (Phi) is 8.62. The number of hydrogen-bond donors (Lipinski definition) is 1. The number of methoxy groups -OCH3 is 2. The number of ether oxygens (including phenoxy) is 3. The zero-order chi connectivity index (χ0) is 30.9. The number of esters is 1. The minimum Gasteiger partial charge on any atom is -0.497 e. The van der Waals surface area contributed by atoms with Crippen molar-refractivity contribution >= 4 is 17.7 Å². The molecule has 1 N–H and O–H groups in total. The predicted octanol–water partition coefficient (Wildman–Crippen LogP) is 5.50. The van der Waals surface area contributed by atoms with Crippen LogP contribution in [0.4, 0.5) is 10.2 Å². The molecule has 2 aromatic heterocycles. The van der Waals surface area contributed by atoms with Crippen molar-refractivity contribution in [3.63, 3.8) is 0 Å². The lowest BCUT2D eigenvalue weighted by atomic mass is 9.82. The number of aryl methyl sites for hydroxylation is 1. The highest BCUT2D eigenvalue weighted by Crippen LogP contribution is 2.39. The van der Waals surface area contributed by atoms with Crippen LogP contribution in [-0.4, -0.2) is 57.4 Å². The Bertz CT molecular complexity index is 1510. The summed E-state index contributed by atoms with van der Waals surface area (Å²) in [5.74, 6) is 0.127. The molecule has 1 unspecified atom stereocenters. The van der Waals surface area contributed by atoms with Gasteiger partial charge < -0.3 is 24.4 Å². The molecule has 11 heteroatoms. The van der Waals surface area contributed by atoms with E-state index in [9.17, 15) is 9.59 Å². The van der Waals surface area contributed by atoms with E-state index < -0.39 is 11.4 Å². The van der Waals surface area contributed by atoms with Crippen LogP contribution in [0.1, 0.15) is 74.4 Å². The van der Waals surface area contributed by atoms with Gasteiger partial charge in [0.2, 0.25) is 0 Å². The fraction of sp³-hybridized carbons (Fsp3) is 0.500. The summed E-state index contributed by atoms with van der Waals surface area (Å²) in [6, 6.07) is 5.23. The van der Waals surface area contributed by atoms with E-state index in [0.29, 0.717) is 22.8 Å². The number of halogens is 1. The Morgan fingerprint density at radius 1 is 1.16 bits per heavy atom. The van der Waals surface area contributed by atoms with E-state index in [-0.39, 0.29) is 60.3 Å². The first kappa shape index (κ1) is 30.3. The molecular formula is C32H40FN5O5. The zero-order valence-electron chi connectivity index (χ0n) is 25.7. The van der Waals surface area contributed by atoms with Crippen LogP contribution in [-0.2, 0) is 29.7 Å². The maximum absolute atomic E-state index is 16.3. The van der Waals surface area contributed by atoms with Gasteiger partial charge >= 0.3 is 5.97 Å². The highest BCUT2D eigenvalue weighted by Gasteiger charge is 2.37. The quantitative estimate of drug-likeness (QED) is 0.324. The molecular weight excluding hydrogens is 553 g/mol. The molecule has 5 rings (SSSR count). The van der Waals surface area contributed by atoms with Gasteiger partial charge in [-0.2, -0.15) is 5.10 Å². The third-order valence-electron chi connectivity index (χ3n) is 8.00. The lowest BCUT2D eigenvalue weighted by Gasteiger charge is -2.33. The topological polar surface area (TPSA) is 108 Å². The van der Waals surface area contributed by atoms with Crippen molar-refractivity contribution in [3.8, 4) is 22.8 Å². The lowest BCUT2D eigenvalue weighted by Crippen LogP contribution is -2.36. The van der Waals surface area contributed by atoms with Crippen LogP contribution < -0.4 is 14.8 Å². The van der Waals surface area contributed by atoms with Gasteiger partial charge in [0.1, 0.15) is 17.1 Å². The maximum Gasteiger partial charge on any atom is 0.306 e. The van der Waals surface area contributed by atoms with Crippen molar-refractivity contribution < 1.29 is 28.2 Å². The number of hydrogen-bond acceptors (Lipinski definition) is 8. The van der Waals surface area contributed by atoms with E-state index in [1.165, 1.54) is 0 Å². The van der Waals surface area contributed by atoms with E-state index in [0.717, 1.165) is 31.2 Å². The average molecular weight is 594 g/mol. The summed E-state index contributed by atoms with van der Waals surface area (Å²) in [5, 5.41) is 7.61. The van der Waals surface area contributed by atoms with Crippen molar-refractivity contribution in [2.24, 2.45) is 13.0 Å². The normalized spacial score (nSPS) is 18.4. The number of nitrogens with zero attached hydrogens (tertiary/aromatic N) is 4. The maximum atomic E-state index is 16.3. The fourth-order valence-electron chi connectivity index (χ4n) is 5.99. The van der Waals surface area contributed by atoms with Crippen molar-refractivity contribution in [1.29, 1.82) is 0 Å². The number of amides is 1. The molecule has 1 aromatic carbocycles. The first-order valence-corrected chi connectivity index (χ1v) is 14.7. The molecule has 3 aromatic rings. The molecule has 2 atom stereocenters. The van der Waals surface area contributed by atoms with Gasteiger partial charge in [-0.3, -0.25) is 14.3 Å². The fourth-order valence-corrected chi connectivity index (χ4v) is 5.99. The second kappa shape index (κ2) is 12.2. The molecule has 0 spiro atoms. The van der Waals surface area contributed by atoms with Crippen molar-refractivity contribution in [2.45, 2.75) is 77.6 Å². The molecule has 3 heterocycles. The predicted molar refractivity (Wildman–Crippen MR) is 159 cm³/mol. The van der Waals surface area contributed by atoms with E-state index in [1.54, 1.807) is 55.4 Å². The van der Waals surface area contributed by atoms with Crippen LogP contribution in [0, 0.1) is 11.7 Å². The van der Waals surface area contributed by atoms with Gasteiger partial charge in [-0.15, -0.1) is 0 Å². The summed E-state index contributed by atoms with van der Waals surface area (Å²) in [6.45, 7) is 5.84. The number of nitrogens with one attached hydrogen (secondary N) is 1. The standard InChI is InChI=1S/C32H40FN5O5/c1-32(2,3)43-26(39)13-19-9-7-8-10-24(19)35-30-28(33)23-18-38(17-20-11-12-22(41-5)14-25(20)42-6)31(40)27(23)29(36-30)21-15-34-37(4)16-21/h11-12,14-16,19,24H,7-10,13,17-18H2,1-6H3,(H,35,36)/t19-,24?/m1/s1. The first-order chi connectivity index (χ1) is 20.5. The highest BCUT2D eigenvalue weighted by atomic mass is 19.1. The molecule has 43 heavy (non-hydrogen) atoms. The van der Waals surface area contributed by atoms with E-state index in [2.05, 4.69) is 10.4 Å². The van der Waals surface area contributed by atoms with Crippen LogP contribution >= 0.6 is 0 Å². The van der Waals surface area contributed by atoms with Crippen LogP contribution in [0.5, 0.6) is 11.5 Å². The van der Waals surface area contributed by atoms with Crippen molar-refractivity contribution in [3.05, 3.63) is 53.1 Å².